The Balaban J connectivity index is 2.16. The van der Waals surface area contributed by atoms with E-state index in [-0.39, 0.29) is 12.0 Å². The van der Waals surface area contributed by atoms with Gasteiger partial charge < -0.3 is 15.0 Å². The average Bonchev–Trinajstić information content (AvgIpc) is 2.36. The molecule has 1 atom stereocenters. The van der Waals surface area contributed by atoms with E-state index < -0.39 is 0 Å². The molecule has 1 fully saturated rings. The zero-order valence-electron chi connectivity index (χ0n) is 11.2. The van der Waals surface area contributed by atoms with Crippen LogP contribution in [0.4, 0.5) is 0 Å². The van der Waals surface area contributed by atoms with E-state index in [0.717, 1.165) is 45.7 Å². The van der Waals surface area contributed by atoms with Gasteiger partial charge in [-0.25, -0.2) is 0 Å². The van der Waals surface area contributed by atoms with Gasteiger partial charge >= 0.3 is 5.97 Å². The van der Waals surface area contributed by atoms with Crippen LogP contribution in [0.5, 0.6) is 0 Å². The Morgan fingerprint density at radius 3 is 2.53 bits per heavy atom. The first-order valence-corrected chi connectivity index (χ1v) is 6.39. The van der Waals surface area contributed by atoms with Crippen LogP contribution in [-0.2, 0) is 9.53 Å². The second-order valence-electron chi connectivity index (χ2n) is 4.58. The van der Waals surface area contributed by atoms with Crippen LogP contribution in [0.25, 0.3) is 0 Å². The fourth-order valence-electron chi connectivity index (χ4n) is 2.00. The Hall–Kier alpha value is -0.650. The number of likely N-dealkylation sites (N-methyl/N-ethyl adjacent to an activating group) is 1. The molecule has 1 heterocycles. The summed E-state index contributed by atoms with van der Waals surface area (Å²) < 4.78 is 4.74. The van der Waals surface area contributed by atoms with Crippen LogP contribution in [0.3, 0.4) is 0 Å². The van der Waals surface area contributed by atoms with Crippen molar-refractivity contribution in [2.24, 2.45) is 0 Å². The van der Waals surface area contributed by atoms with Crippen molar-refractivity contribution in [1.29, 1.82) is 0 Å². The predicted molar refractivity (Wildman–Crippen MR) is 68.0 cm³/mol. The minimum absolute atomic E-state index is 0.160. The quantitative estimate of drug-likeness (QED) is 0.653. The Morgan fingerprint density at radius 2 is 2.00 bits per heavy atom. The molecule has 0 radical (unpaired) electrons. The van der Waals surface area contributed by atoms with Gasteiger partial charge in [0, 0.05) is 39.3 Å². The number of esters is 1. The normalized spacial score (nSPS) is 20.2. The van der Waals surface area contributed by atoms with Crippen molar-refractivity contribution in [2.45, 2.75) is 19.4 Å². The number of carbonyl (C=O) groups excluding carboxylic acids is 1. The first-order valence-electron chi connectivity index (χ1n) is 6.39. The molecule has 0 spiro atoms. The molecule has 1 unspecified atom stereocenters. The summed E-state index contributed by atoms with van der Waals surface area (Å²) in [7, 11) is 3.59. The van der Waals surface area contributed by atoms with E-state index in [9.17, 15) is 4.79 Å². The minimum Gasteiger partial charge on any atom is -0.468 e. The molecule has 0 bridgehead atoms. The standard InChI is InChI=1S/C12H25N3O2/c1-4-11(12(16)17-3)13-5-6-15-9-7-14(2)8-10-15/h11,13H,4-10H2,1-3H3. The average molecular weight is 243 g/mol. The van der Waals surface area contributed by atoms with E-state index in [1.54, 1.807) is 0 Å². The molecule has 0 aliphatic carbocycles. The summed E-state index contributed by atoms with van der Waals surface area (Å²) >= 11 is 0. The van der Waals surface area contributed by atoms with E-state index in [1.165, 1.54) is 7.11 Å². The summed E-state index contributed by atoms with van der Waals surface area (Å²) in [6.07, 6.45) is 0.773. The number of ether oxygens (including phenoxy) is 1. The molecule has 5 heteroatoms. The maximum absolute atomic E-state index is 11.4. The SMILES string of the molecule is CCC(NCCN1CCN(C)CC1)C(=O)OC. The van der Waals surface area contributed by atoms with Gasteiger partial charge in [0.15, 0.2) is 0 Å². The van der Waals surface area contributed by atoms with E-state index in [4.69, 9.17) is 4.74 Å². The third-order valence-corrected chi connectivity index (χ3v) is 3.31. The van der Waals surface area contributed by atoms with Gasteiger partial charge in [-0.3, -0.25) is 9.69 Å². The second kappa shape index (κ2) is 7.63. The van der Waals surface area contributed by atoms with Gasteiger partial charge in [-0.05, 0) is 13.5 Å². The molecule has 0 aromatic carbocycles. The van der Waals surface area contributed by atoms with Crippen LogP contribution in [-0.4, -0.2) is 75.2 Å². The predicted octanol–water partition coefficient (Wildman–Crippen LogP) is -0.225. The highest BCUT2D eigenvalue weighted by atomic mass is 16.5. The summed E-state index contributed by atoms with van der Waals surface area (Å²) in [5.74, 6) is -0.161. The van der Waals surface area contributed by atoms with Crippen LogP contribution in [0, 0.1) is 0 Å². The molecular weight excluding hydrogens is 218 g/mol. The summed E-state index contributed by atoms with van der Waals surface area (Å²) in [4.78, 5) is 16.1. The lowest BCUT2D eigenvalue weighted by Crippen LogP contribution is -2.48. The summed E-state index contributed by atoms with van der Waals surface area (Å²) in [5, 5.41) is 3.25. The molecule has 1 aliphatic rings. The smallest absolute Gasteiger partial charge is 0.322 e. The number of hydrogen-bond acceptors (Lipinski definition) is 5. The molecule has 0 amide bonds. The Morgan fingerprint density at radius 1 is 1.35 bits per heavy atom. The Bertz CT molecular complexity index is 228. The lowest BCUT2D eigenvalue weighted by atomic mass is 10.2. The molecule has 17 heavy (non-hydrogen) atoms. The van der Waals surface area contributed by atoms with Crippen molar-refractivity contribution >= 4 is 5.97 Å². The highest BCUT2D eigenvalue weighted by Gasteiger charge is 2.17. The highest BCUT2D eigenvalue weighted by molar-refractivity contribution is 5.75. The van der Waals surface area contributed by atoms with Crippen molar-refractivity contribution in [2.75, 3.05) is 53.4 Å². The topological polar surface area (TPSA) is 44.8 Å². The molecular formula is C12H25N3O2. The van der Waals surface area contributed by atoms with Gasteiger partial charge in [0.1, 0.15) is 6.04 Å². The van der Waals surface area contributed by atoms with Crippen molar-refractivity contribution in [1.82, 2.24) is 15.1 Å². The molecule has 0 saturated carbocycles. The number of piperazine rings is 1. The lowest BCUT2D eigenvalue weighted by Gasteiger charge is -2.32. The molecule has 1 saturated heterocycles. The number of hydrogen-bond donors (Lipinski definition) is 1. The summed E-state index contributed by atoms with van der Waals surface area (Å²) in [6.45, 7) is 8.34. The van der Waals surface area contributed by atoms with Gasteiger partial charge in [-0.1, -0.05) is 6.92 Å². The molecule has 0 aromatic rings. The van der Waals surface area contributed by atoms with Crippen LogP contribution >= 0.6 is 0 Å². The molecule has 5 nitrogen and oxygen atoms in total. The van der Waals surface area contributed by atoms with Crippen molar-refractivity contribution < 1.29 is 9.53 Å². The van der Waals surface area contributed by atoms with Crippen molar-refractivity contribution in [3.63, 3.8) is 0 Å². The van der Waals surface area contributed by atoms with Crippen LogP contribution in [0.15, 0.2) is 0 Å². The zero-order valence-corrected chi connectivity index (χ0v) is 11.2. The highest BCUT2D eigenvalue weighted by Crippen LogP contribution is 1.98. The van der Waals surface area contributed by atoms with E-state index in [2.05, 4.69) is 22.2 Å². The van der Waals surface area contributed by atoms with Gasteiger partial charge in [-0.15, -0.1) is 0 Å². The van der Waals surface area contributed by atoms with E-state index in [1.807, 2.05) is 6.92 Å². The van der Waals surface area contributed by atoms with Crippen LogP contribution < -0.4 is 5.32 Å². The maximum Gasteiger partial charge on any atom is 0.322 e. The Kier molecular flexibility index (Phi) is 6.47. The van der Waals surface area contributed by atoms with Crippen molar-refractivity contribution in [3.05, 3.63) is 0 Å². The number of rotatable bonds is 6. The summed E-state index contributed by atoms with van der Waals surface area (Å²) in [6, 6.07) is -0.160. The summed E-state index contributed by atoms with van der Waals surface area (Å²) in [5.41, 5.74) is 0. The van der Waals surface area contributed by atoms with Gasteiger partial charge in [0.05, 0.1) is 7.11 Å². The number of carbonyl (C=O) groups is 1. The monoisotopic (exact) mass is 243 g/mol. The Labute approximate surface area is 104 Å². The fourth-order valence-corrected chi connectivity index (χ4v) is 2.00. The van der Waals surface area contributed by atoms with Gasteiger partial charge in [0.25, 0.3) is 0 Å². The number of nitrogens with one attached hydrogen (secondary N) is 1. The first-order chi connectivity index (χ1) is 8.17. The molecule has 100 valence electrons. The first kappa shape index (κ1) is 14.4. The molecule has 1 aliphatic heterocycles. The molecule has 0 aromatic heterocycles. The molecule has 1 rings (SSSR count). The third kappa shape index (κ3) is 5.02. The van der Waals surface area contributed by atoms with Crippen molar-refractivity contribution in [3.8, 4) is 0 Å². The lowest BCUT2D eigenvalue weighted by molar-refractivity contribution is -0.143. The van der Waals surface area contributed by atoms with Gasteiger partial charge in [-0.2, -0.15) is 0 Å². The fraction of sp³-hybridized carbons (Fsp3) is 0.917. The van der Waals surface area contributed by atoms with E-state index in [0.29, 0.717) is 0 Å². The second-order valence-corrected chi connectivity index (χ2v) is 4.58. The third-order valence-electron chi connectivity index (χ3n) is 3.31. The van der Waals surface area contributed by atoms with Gasteiger partial charge in [0.2, 0.25) is 0 Å². The minimum atomic E-state index is -0.161. The maximum atomic E-state index is 11.4. The zero-order chi connectivity index (χ0) is 12.7. The largest absolute Gasteiger partial charge is 0.468 e. The van der Waals surface area contributed by atoms with E-state index >= 15 is 0 Å². The number of nitrogens with zero attached hydrogens (tertiary/aromatic N) is 2. The van der Waals surface area contributed by atoms with Crippen LogP contribution in [0.2, 0.25) is 0 Å². The number of methoxy groups -OCH3 is 1. The van der Waals surface area contributed by atoms with Crippen LogP contribution in [0.1, 0.15) is 13.3 Å². The molecule has 1 N–H and O–H groups in total.